The third-order valence-electron chi connectivity index (χ3n) is 5.12. The van der Waals surface area contributed by atoms with E-state index in [2.05, 4.69) is 10.1 Å². The number of fused-ring (bicyclic) bond motifs is 1. The van der Waals surface area contributed by atoms with Crippen LogP contribution < -0.4 is 4.90 Å². The number of hydrogen-bond acceptors (Lipinski definition) is 5. The summed E-state index contributed by atoms with van der Waals surface area (Å²) in [6, 6.07) is 19.1. The number of anilines is 1. The van der Waals surface area contributed by atoms with E-state index in [0.29, 0.717) is 22.3 Å². The van der Waals surface area contributed by atoms with Crippen LogP contribution in [0.2, 0.25) is 5.02 Å². The number of para-hydroxylation sites is 1. The van der Waals surface area contributed by atoms with E-state index in [0.717, 1.165) is 27.2 Å². The van der Waals surface area contributed by atoms with Crippen molar-refractivity contribution in [2.75, 3.05) is 4.90 Å². The summed E-state index contributed by atoms with van der Waals surface area (Å²) in [6.45, 7) is 2.24. The number of nitrogens with zero attached hydrogens (tertiary/aromatic N) is 5. The standard InChI is InChI=1S/C24H18ClN5OS/c1-16-20(14-27-30(16)19-7-3-2-4-8-19)23(31)29(15-17-6-5-11-26-13-17)24-28-21-10-9-18(25)12-22(21)32-24/h2-14H,15H2,1H3. The van der Waals surface area contributed by atoms with Gasteiger partial charge in [-0.1, -0.05) is 47.2 Å². The van der Waals surface area contributed by atoms with Crippen molar-refractivity contribution in [1.82, 2.24) is 19.7 Å². The molecule has 0 aliphatic rings. The van der Waals surface area contributed by atoms with Crippen LogP contribution >= 0.6 is 22.9 Å². The van der Waals surface area contributed by atoms with Crippen LogP contribution in [-0.4, -0.2) is 25.7 Å². The smallest absolute Gasteiger partial charge is 0.263 e. The van der Waals surface area contributed by atoms with Crippen molar-refractivity contribution in [3.63, 3.8) is 0 Å². The number of amides is 1. The van der Waals surface area contributed by atoms with Crippen molar-refractivity contribution in [1.29, 1.82) is 0 Å². The first kappa shape index (κ1) is 20.4. The molecule has 0 N–H and O–H groups in total. The minimum atomic E-state index is -0.168. The van der Waals surface area contributed by atoms with E-state index >= 15 is 0 Å². The lowest BCUT2D eigenvalue weighted by molar-refractivity contribution is 0.0984. The molecule has 5 aromatic rings. The van der Waals surface area contributed by atoms with Gasteiger partial charge in [-0.15, -0.1) is 0 Å². The minimum absolute atomic E-state index is 0.168. The lowest BCUT2D eigenvalue weighted by Gasteiger charge is -2.19. The normalized spacial score (nSPS) is 11.1. The topological polar surface area (TPSA) is 63.9 Å². The summed E-state index contributed by atoms with van der Waals surface area (Å²) in [6.07, 6.45) is 5.08. The second kappa shape index (κ2) is 8.53. The molecule has 0 saturated heterocycles. The van der Waals surface area contributed by atoms with Crippen LogP contribution in [0.3, 0.4) is 0 Å². The molecule has 0 aliphatic heterocycles. The maximum absolute atomic E-state index is 13.8. The molecular weight excluding hydrogens is 442 g/mol. The second-order valence-electron chi connectivity index (χ2n) is 7.25. The number of benzene rings is 2. The van der Waals surface area contributed by atoms with Gasteiger partial charge in [-0.25, -0.2) is 9.67 Å². The van der Waals surface area contributed by atoms with Gasteiger partial charge in [0.2, 0.25) is 0 Å². The number of hydrogen-bond donors (Lipinski definition) is 0. The zero-order valence-electron chi connectivity index (χ0n) is 17.1. The third kappa shape index (κ3) is 3.88. The summed E-state index contributed by atoms with van der Waals surface area (Å²) < 4.78 is 2.70. The van der Waals surface area contributed by atoms with Crippen LogP contribution in [0.4, 0.5) is 5.13 Å². The molecular formula is C24H18ClN5OS. The van der Waals surface area contributed by atoms with Crippen LogP contribution in [-0.2, 0) is 6.54 Å². The third-order valence-corrected chi connectivity index (χ3v) is 6.40. The van der Waals surface area contributed by atoms with E-state index in [9.17, 15) is 4.79 Å². The van der Waals surface area contributed by atoms with Crippen molar-refractivity contribution in [3.8, 4) is 5.69 Å². The highest BCUT2D eigenvalue weighted by molar-refractivity contribution is 7.22. The Bertz CT molecular complexity index is 1400. The predicted octanol–water partition coefficient (Wildman–Crippen LogP) is 5.69. The van der Waals surface area contributed by atoms with Crippen molar-refractivity contribution < 1.29 is 4.79 Å². The molecule has 8 heteroatoms. The molecule has 0 saturated carbocycles. The lowest BCUT2D eigenvalue weighted by atomic mass is 10.2. The van der Waals surface area contributed by atoms with Crippen LogP contribution in [0.25, 0.3) is 15.9 Å². The Morgan fingerprint density at radius 3 is 2.72 bits per heavy atom. The summed E-state index contributed by atoms with van der Waals surface area (Å²) >= 11 is 7.59. The second-order valence-corrected chi connectivity index (χ2v) is 8.70. The van der Waals surface area contributed by atoms with Crippen molar-refractivity contribution in [2.24, 2.45) is 0 Å². The lowest BCUT2D eigenvalue weighted by Crippen LogP contribution is -2.30. The first-order valence-electron chi connectivity index (χ1n) is 9.97. The quantitative estimate of drug-likeness (QED) is 0.339. The van der Waals surface area contributed by atoms with Gasteiger partial charge in [0.25, 0.3) is 5.91 Å². The van der Waals surface area contributed by atoms with E-state index in [1.165, 1.54) is 11.3 Å². The molecule has 3 heterocycles. The van der Waals surface area contributed by atoms with E-state index in [1.807, 2.05) is 61.5 Å². The van der Waals surface area contributed by atoms with Crippen molar-refractivity contribution in [3.05, 3.63) is 101 Å². The number of carbonyl (C=O) groups is 1. The highest BCUT2D eigenvalue weighted by Crippen LogP contribution is 2.32. The number of aromatic nitrogens is 4. The predicted molar refractivity (Wildman–Crippen MR) is 128 cm³/mol. The van der Waals surface area contributed by atoms with Gasteiger partial charge in [0.15, 0.2) is 5.13 Å². The van der Waals surface area contributed by atoms with Crippen LogP contribution in [0.15, 0.2) is 79.3 Å². The molecule has 0 atom stereocenters. The summed E-state index contributed by atoms with van der Waals surface area (Å²) in [7, 11) is 0. The van der Waals surface area contributed by atoms with Gasteiger partial charge < -0.3 is 0 Å². The summed E-state index contributed by atoms with van der Waals surface area (Å²) in [5, 5.41) is 5.70. The fourth-order valence-electron chi connectivity index (χ4n) is 3.50. The first-order valence-corrected chi connectivity index (χ1v) is 11.2. The van der Waals surface area contributed by atoms with Gasteiger partial charge in [0.1, 0.15) is 0 Å². The number of halogens is 1. The van der Waals surface area contributed by atoms with Crippen LogP contribution in [0, 0.1) is 6.92 Å². The Kier molecular flexibility index (Phi) is 5.43. The molecule has 6 nitrogen and oxygen atoms in total. The Labute approximate surface area is 193 Å². The number of carbonyl (C=O) groups excluding carboxylic acids is 1. The average molecular weight is 460 g/mol. The molecule has 1 amide bonds. The van der Waals surface area contributed by atoms with Crippen LogP contribution in [0.5, 0.6) is 0 Å². The van der Waals surface area contributed by atoms with E-state index in [4.69, 9.17) is 16.6 Å². The van der Waals surface area contributed by atoms with E-state index in [-0.39, 0.29) is 5.91 Å². The van der Waals surface area contributed by atoms with Gasteiger partial charge in [-0.2, -0.15) is 5.10 Å². The van der Waals surface area contributed by atoms with Crippen LogP contribution in [0.1, 0.15) is 21.6 Å². The van der Waals surface area contributed by atoms with Crippen molar-refractivity contribution in [2.45, 2.75) is 13.5 Å². The average Bonchev–Trinajstić information content (AvgIpc) is 3.41. The molecule has 0 bridgehead atoms. The van der Waals surface area contributed by atoms with Gasteiger partial charge in [-0.3, -0.25) is 14.7 Å². The van der Waals surface area contributed by atoms with Gasteiger partial charge in [0, 0.05) is 17.4 Å². The van der Waals surface area contributed by atoms with Gasteiger partial charge >= 0.3 is 0 Å². The first-order chi connectivity index (χ1) is 15.6. The Hall–Kier alpha value is -3.55. The number of pyridine rings is 1. The van der Waals surface area contributed by atoms with Gasteiger partial charge in [0.05, 0.1) is 39.9 Å². The molecule has 3 aromatic heterocycles. The molecule has 0 fully saturated rings. The molecule has 32 heavy (non-hydrogen) atoms. The molecule has 0 unspecified atom stereocenters. The van der Waals surface area contributed by atoms with E-state index < -0.39 is 0 Å². The highest BCUT2D eigenvalue weighted by atomic mass is 35.5. The molecule has 158 valence electrons. The molecule has 0 spiro atoms. The highest BCUT2D eigenvalue weighted by Gasteiger charge is 2.25. The monoisotopic (exact) mass is 459 g/mol. The minimum Gasteiger partial charge on any atom is -0.279 e. The molecule has 2 aromatic carbocycles. The maximum Gasteiger partial charge on any atom is 0.263 e. The maximum atomic E-state index is 13.8. The zero-order chi connectivity index (χ0) is 22.1. The Morgan fingerprint density at radius 1 is 1.09 bits per heavy atom. The largest absolute Gasteiger partial charge is 0.279 e. The zero-order valence-corrected chi connectivity index (χ0v) is 18.7. The fourth-order valence-corrected chi connectivity index (χ4v) is 4.74. The Morgan fingerprint density at radius 2 is 1.94 bits per heavy atom. The molecule has 0 radical (unpaired) electrons. The fraction of sp³-hybridized carbons (Fsp3) is 0.0833. The van der Waals surface area contributed by atoms with E-state index in [1.54, 1.807) is 34.2 Å². The Balaban J connectivity index is 1.57. The number of rotatable bonds is 5. The number of thiazole rings is 1. The molecule has 0 aliphatic carbocycles. The summed E-state index contributed by atoms with van der Waals surface area (Å²) in [5.74, 6) is -0.168. The van der Waals surface area contributed by atoms with Gasteiger partial charge in [-0.05, 0) is 48.9 Å². The van der Waals surface area contributed by atoms with Crippen molar-refractivity contribution >= 4 is 44.2 Å². The molecule has 5 rings (SSSR count). The SMILES string of the molecule is Cc1c(C(=O)N(Cc2cccnc2)c2nc3ccc(Cl)cc3s2)cnn1-c1ccccc1. The summed E-state index contributed by atoms with van der Waals surface area (Å²) in [4.78, 5) is 24.3. The summed E-state index contributed by atoms with van der Waals surface area (Å²) in [5.41, 5.74) is 3.90.